The minimum absolute atomic E-state index is 0.105. The molecule has 0 spiro atoms. The van der Waals surface area contributed by atoms with Crippen molar-refractivity contribution >= 4 is 34.9 Å². The van der Waals surface area contributed by atoms with Crippen LogP contribution in [-0.2, 0) is 4.74 Å². The lowest BCUT2D eigenvalue weighted by atomic mass is 10.2. The highest BCUT2D eigenvalue weighted by molar-refractivity contribution is 6.32. The Balaban J connectivity index is 1.72. The molecule has 1 saturated heterocycles. The van der Waals surface area contributed by atoms with Gasteiger partial charge in [-0.2, -0.15) is 0 Å². The Kier molecular flexibility index (Phi) is 5.08. The van der Waals surface area contributed by atoms with Gasteiger partial charge >= 0.3 is 0 Å². The van der Waals surface area contributed by atoms with Crippen molar-refractivity contribution in [3.63, 3.8) is 0 Å². The molecule has 0 N–H and O–H groups in total. The smallest absolute Gasteiger partial charge is 0.290 e. The zero-order valence-electron chi connectivity index (χ0n) is 12.9. The second-order valence-corrected chi connectivity index (χ2v) is 5.75. The van der Waals surface area contributed by atoms with Crippen molar-refractivity contribution in [1.29, 1.82) is 0 Å². The highest BCUT2D eigenvalue weighted by Crippen LogP contribution is 2.28. The second-order valence-electron chi connectivity index (χ2n) is 5.34. The number of halogens is 1. The van der Waals surface area contributed by atoms with Crippen LogP contribution in [0.15, 0.2) is 47.5 Å². The van der Waals surface area contributed by atoms with Gasteiger partial charge in [-0.25, -0.2) is 0 Å². The van der Waals surface area contributed by atoms with E-state index in [1.807, 2.05) is 24.3 Å². The van der Waals surface area contributed by atoms with E-state index in [9.17, 15) is 10.1 Å². The first-order valence-corrected chi connectivity index (χ1v) is 7.92. The number of hydrogen-bond donors (Lipinski definition) is 0. The van der Waals surface area contributed by atoms with Gasteiger partial charge in [-0.15, -0.1) is 0 Å². The maximum absolute atomic E-state index is 10.9. The molecular weight excluding hydrogens is 330 g/mol. The fourth-order valence-electron chi connectivity index (χ4n) is 2.46. The maximum atomic E-state index is 10.9. The summed E-state index contributed by atoms with van der Waals surface area (Å²) in [5, 5.41) is 11.0. The van der Waals surface area contributed by atoms with Crippen LogP contribution in [0.4, 0.5) is 17.1 Å². The number of morpholine rings is 1. The summed E-state index contributed by atoms with van der Waals surface area (Å²) in [5.41, 5.74) is 2.42. The third-order valence-corrected chi connectivity index (χ3v) is 4.08. The first-order valence-electron chi connectivity index (χ1n) is 7.54. The Hall–Kier alpha value is -2.44. The second kappa shape index (κ2) is 7.42. The van der Waals surface area contributed by atoms with Crippen LogP contribution in [0.25, 0.3) is 0 Å². The van der Waals surface area contributed by atoms with Crippen molar-refractivity contribution in [1.82, 2.24) is 0 Å². The van der Waals surface area contributed by atoms with Crippen LogP contribution in [0.5, 0.6) is 0 Å². The van der Waals surface area contributed by atoms with E-state index in [0.717, 1.165) is 37.6 Å². The molecule has 1 heterocycles. The van der Waals surface area contributed by atoms with E-state index in [2.05, 4.69) is 9.89 Å². The molecule has 0 aromatic heterocycles. The summed E-state index contributed by atoms with van der Waals surface area (Å²) in [7, 11) is 0. The Labute approximate surface area is 144 Å². The first kappa shape index (κ1) is 16.4. The van der Waals surface area contributed by atoms with E-state index in [0.29, 0.717) is 5.69 Å². The first-order chi connectivity index (χ1) is 11.6. The van der Waals surface area contributed by atoms with Gasteiger partial charge in [0.1, 0.15) is 5.02 Å². The number of anilines is 1. The quantitative estimate of drug-likeness (QED) is 0.479. The van der Waals surface area contributed by atoms with Crippen molar-refractivity contribution in [3.05, 3.63) is 63.2 Å². The minimum atomic E-state index is -0.515. The van der Waals surface area contributed by atoms with Gasteiger partial charge in [0.05, 0.1) is 23.8 Å². The molecule has 0 radical (unpaired) electrons. The molecule has 2 aromatic carbocycles. The summed E-state index contributed by atoms with van der Waals surface area (Å²) < 4.78 is 5.35. The Morgan fingerprint density at radius 2 is 1.88 bits per heavy atom. The molecule has 2 aromatic rings. The van der Waals surface area contributed by atoms with Crippen molar-refractivity contribution in [2.75, 3.05) is 31.2 Å². The fourth-order valence-corrected chi connectivity index (χ4v) is 2.65. The summed E-state index contributed by atoms with van der Waals surface area (Å²) in [6.45, 7) is 3.28. The molecule has 0 aliphatic carbocycles. The van der Waals surface area contributed by atoms with Crippen LogP contribution in [0, 0.1) is 10.1 Å². The summed E-state index contributed by atoms with van der Waals surface area (Å²) in [6, 6.07) is 12.5. The van der Waals surface area contributed by atoms with Crippen LogP contribution < -0.4 is 4.90 Å². The molecule has 24 heavy (non-hydrogen) atoms. The minimum Gasteiger partial charge on any atom is -0.378 e. The third-order valence-electron chi connectivity index (χ3n) is 3.76. The van der Waals surface area contributed by atoms with Gasteiger partial charge < -0.3 is 9.64 Å². The van der Waals surface area contributed by atoms with E-state index in [1.165, 1.54) is 12.1 Å². The average Bonchev–Trinajstić information content (AvgIpc) is 2.62. The van der Waals surface area contributed by atoms with E-state index in [1.54, 1.807) is 12.3 Å². The lowest BCUT2D eigenvalue weighted by Crippen LogP contribution is -2.36. The number of ether oxygens (including phenoxy) is 1. The van der Waals surface area contributed by atoms with Gasteiger partial charge in [0, 0.05) is 31.1 Å². The number of nitro benzene ring substituents is 1. The summed E-state index contributed by atoms with van der Waals surface area (Å²) >= 11 is 5.79. The topological polar surface area (TPSA) is 68.0 Å². The van der Waals surface area contributed by atoms with Gasteiger partial charge in [0.15, 0.2) is 0 Å². The van der Waals surface area contributed by atoms with Crippen LogP contribution in [0.3, 0.4) is 0 Å². The molecule has 0 saturated carbocycles. The number of hydrogen-bond acceptors (Lipinski definition) is 5. The van der Waals surface area contributed by atoms with Crippen LogP contribution in [0.2, 0.25) is 5.02 Å². The molecule has 6 nitrogen and oxygen atoms in total. The summed E-state index contributed by atoms with van der Waals surface area (Å²) in [5.74, 6) is 0. The number of nitro groups is 1. The predicted octanol–water partition coefficient (Wildman–Crippen LogP) is 3.84. The molecule has 0 amide bonds. The molecule has 0 atom stereocenters. The maximum Gasteiger partial charge on any atom is 0.290 e. The Morgan fingerprint density at radius 3 is 2.54 bits per heavy atom. The standard InChI is InChI=1S/C17H16ClN3O3/c18-16-6-3-14(11-17(16)21(22)23)19-12-13-1-4-15(5-2-13)20-7-9-24-10-8-20/h1-6,11-12H,7-10H2. The van der Waals surface area contributed by atoms with E-state index < -0.39 is 4.92 Å². The van der Waals surface area contributed by atoms with Gasteiger partial charge in [-0.05, 0) is 29.8 Å². The Morgan fingerprint density at radius 1 is 1.17 bits per heavy atom. The monoisotopic (exact) mass is 345 g/mol. The highest BCUT2D eigenvalue weighted by Gasteiger charge is 2.12. The molecule has 1 aliphatic heterocycles. The molecule has 124 valence electrons. The lowest BCUT2D eigenvalue weighted by Gasteiger charge is -2.28. The largest absolute Gasteiger partial charge is 0.378 e. The van der Waals surface area contributed by atoms with Gasteiger partial charge in [0.2, 0.25) is 0 Å². The van der Waals surface area contributed by atoms with E-state index >= 15 is 0 Å². The number of nitrogens with zero attached hydrogens (tertiary/aromatic N) is 3. The molecule has 1 fully saturated rings. The van der Waals surface area contributed by atoms with Gasteiger partial charge in [-0.3, -0.25) is 15.1 Å². The molecule has 3 rings (SSSR count). The van der Waals surface area contributed by atoms with Crippen molar-refractivity contribution in [3.8, 4) is 0 Å². The van der Waals surface area contributed by atoms with Crippen molar-refractivity contribution in [2.45, 2.75) is 0 Å². The van der Waals surface area contributed by atoms with Crippen LogP contribution in [-0.4, -0.2) is 37.4 Å². The normalized spacial score (nSPS) is 15.0. The third kappa shape index (κ3) is 3.90. The summed E-state index contributed by atoms with van der Waals surface area (Å²) in [4.78, 5) is 16.9. The molecule has 7 heteroatoms. The van der Waals surface area contributed by atoms with Crippen molar-refractivity contribution in [2.24, 2.45) is 4.99 Å². The molecular formula is C17H16ClN3O3. The zero-order valence-corrected chi connectivity index (χ0v) is 13.6. The highest BCUT2D eigenvalue weighted by atomic mass is 35.5. The number of aliphatic imine (C=N–C) groups is 1. The van der Waals surface area contributed by atoms with E-state index in [4.69, 9.17) is 16.3 Å². The molecule has 0 bridgehead atoms. The van der Waals surface area contributed by atoms with Gasteiger partial charge in [0.25, 0.3) is 5.69 Å². The van der Waals surface area contributed by atoms with E-state index in [-0.39, 0.29) is 10.7 Å². The van der Waals surface area contributed by atoms with Crippen LogP contribution >= 0.6 is 11.6 Å². The van der Waals surface area contributed by atoms with Gasteiger partial charge in [-0.1, -0.05) is 23.7 Å². The van der Waals surface area contributed by atoms with Crippen LogP contribution in [0.1, 0.15) is 5.56 Å². The average molecular weight is 346 g/mol. The fraction of sp³-hybridized carbons (Fsp3) is 0.235. The van der Waals surface area contributed by atoms with Crippen molar-refractivity contribution < 1.29 is 9.66 Å². The Bertz CT molecular complexity index is 756. The molecule has 0 unspecified atom stereocenters. The molecule has 1 aliphatic rings. The number of benzene rings is 2. The zero-order chi connectivity index (χ0) is 16.9. The predicted molar refractivity (Wildman–Crippen MR) is 94.8 cm³/mol. The summed E-state index contributed by atoms with van der Waals surface area (Å²) in [6.07, 6.45) is 1.68. The lowest BCUT2D eigenvalue weighted by molar-refractivity contribution is -0.384. The number of rotatable bonds is 4. The SMILES string of the molecule is O=[N+]([O-])c1cc(N=Cc2ccc(N3CCOCC3)cc2)ccc1Cl.